The highest BCUT2D eigenvalue weighted by Gasteiger charge is 2.37. The Bertz CT molecular complexity index is 438. The van der Waals surface area contributed by atoms with Crippen molar-refractivity contribution in [1.82, 2.24) is 5.32 Å². The van der Waals surface area contributed by atoms with Crippen molar-refractivity contribution in [2.24, 2.45) is 0 Å². The Hall–Kier alpha value is -1.24. The van der Waals surface area contributed by atoms with Gasteiger partial charge in [-0.3, -0.25) is 0 Å². The minimum Gasteiger partial charge on any atom is -0.310 e. The second-order valence-electron chi connectivity index (χ2n) is 4.84. The summed E-state index contributed by atoms with van der Waals surface area (Å²) in [6.45, 7) is 0.599. The van der Waals surface area contributed by atoms with Gasteiger partial charge in [0.2, 0.25) is 0 Å². The summed E-state index contributed by atoms with van der Waals surface area (Å²) in [5.41, 5.74) is -2.46. The fraction of sp³-hybridized carbons (Fsp3) is 0.538. The lowest BCUT2D eigenvalue weighted by atomic mass is 9.94. The lowest BCUT2D eigenvalue weighted by Gasteiger charge is -2.25. The molecular weight excluding hydrogens is 284 g/mol. The maximum absolute atomic E-state index is 12.7. The van der Waals surface area contributed by atoms with Crippen LogP contribution in [-0.4, -0.2) is 6.54 Å². The van der Waals surface area contributed by atoms with E-state index in [2.05, 4.69) is 5.32 Å². The third-order valence-electron chi connectivity index (χ3n) is 3.32. The first-order valence-electron chi connectivity index (χ1n) is 6.21. The summed E-state index contributed by atoms with van der Waals surface area (Å²) in [6, 6.07) is 1.31. The highest BCUT2D eigenvalue weighted by Crippen LogP contribution is 2.38. The van der Waals surface area contributed by atoms with Crippen LogP contribution in [0.3, 0.4) is 0 Å². The van der Waals surface area contributed by atoms with Gasteiger partial charge in [0.25, 0.3) is 0 Å². The second kappa shape index (κ2) is 5.27. The average Bonchev–Trinajstić information content (AvgIpc) is 2.37. The third-order valence-corrected chi connectivity index (χ3v) is 3.32. The van der Waals surface area contributed by atoms with Gasteiger partial charge in [0.1, 0.15) is 0 Å². The SMILES string of the molecule is FC(F)(F)c1cc([C@@H]2CCCCN2)cc(C(F)(F)F)c1. The highest BCUT2D eigenvalue weighted by molar-refractivity contribution is 5.35. The number of piperidine rings is 1. The predicted molar refractivity (Wildman–Crippen MR) is 61.0 cm³/mol. The molecule has 0 aliphatic carbocycles. The molecule has 20 heavy (non-hydrogen) atoms. The second-order valence-corrected chi connectivity index (χ2v) is 4.84. The summed E-state index contributed by atoms with van der Waals surface area (Å²) in [6.07, 6.45) is -7.37. The normalized spacial score (nSPS) is 21.0. The van der Waals surface area contributed by atoms with Crippen LogP contribution < -0.4 is 5.32 Å². The zero-order valence-corrected chi connectivity index (χ0v) is 10.4. The third kappa shape index (κ3) is 3.45. The molecule has 1 aliphatic heterocycles. The maximum atomic E-state index is 12.7. The van der Waals surface area contributed by atoms with Crippen LogP contribution in [0.5, 0.6) is 0 Å². The van der Waals surface area contributed by atoms with Crippen molar-refractivity contribution < 1.29 is 26.3 Å². The van der Waals surface area contributed by atoms with E-state index in [0.29, 0.717) is 13.0 Å². The number of nitrogens with one attached hydrogen (secondary N) is 1. The summed E-state index contributed by atoms with van der Waals surface area (Å²) in [4.78, 5) is 0. The van der Waals surface area contributed by atoms with E-state index < -0.39 is 29.5 Å². The molecule has 1 saturated heterocycles. The van der Waals surface area contributed by atoms with Crippen molar-refractivity contribution in [2.75, 3.05) is 6.54 Å². The van der Waals surface area contributed by atoms with E-state index in [4.69, 9.17) is 0 Å². The van der Waals surface area contributed by atoms with Crippen LogP contribution in [-0.2, 0) is 12.4 Å². The summed E-state index contributed by atoms with van der Waals surface area (Å²) in [7, 11) is 0. The minimum absolute atomic E-state index is 0.0480. The van der Waals surface area contributed by atoms with E-state index in [1.54, 1.807) is 0 Å². The molecule has 0 spiro atoms. The zero-order chi connectivity index (χ0) is 15.0. The molecule has 0 amide bonds. The number of alkyl halides is 6. The smallest absolute Gasteiger partial charge is 0.310 e. The van der Waals surface area contributed by atoms with Crippen molar-refractivity contribution in [3.05, 3.63) is 34.9 Å². The fourth-order valence-electron chi connectivity index (χ4n) is 2.32. The van der Waals surface area contributed by atoms with Crippen LogP contribution in [0, 0.1) is 0 Å². The van der Waals surface area contributed by atoms with Crippen LogP contribution in [0.4, 0.5) is 26.3 Å². The van der Waals surface area contributed by atoms with Crippen LogP contribution in [0.25, 0.3) is 0 Å². The van der Waals surface area contributed by atoms with Crippen LogP contribution in [0.2, 0.25) is 0 Å². The summed E-state index contributed by atoms with van der Waals surface area (Å²) < 4.78 is 76.3. The van der Waals surface area contributed by atoms with Gasteiger partial charge in [-0.2, -0.15) is 26.3 Å². The molecule has 112 valence electrons. The summed E-state index contributed by atoms with van der Waals surface area (Å²) in [5, 5.41) is 2.96. The quantitative estimate of drug-likeness (QED) is 0.750. The van der Waals surface area contributed by atoms with E-state index >= 15 is 0 Å². The van der Waals surface area contributed by atoms with E-state index in [-0.39, 0.29) is 11.6 Å². The topological polar surface area (TPSA) is 12.0 Å². The Morgan fingerprint density at radius 1 is 0.850 bits per heavy atom. The summed E-state index contributed by atoms with van der Waals surface area (Å²) in [5.74, 6) is 0. The first kappa shape index (κ1) is 15.2. The van der Waals surface area contributed by atoms with Crippen molar-refractivity contribution in [3.63, 3.8) is 0 Å². The number of rotatable bonds is 1. The molecule has 0 unspecified atom stereocenters. The zero-order valence-electron chi connectivity index (χ0n) is 10.4. The Labute approximate surface area is 112 Å². The molecule has 0 aromatic heterocycles. The van der Waals surface area contributed by atoms with Gasteiger partial charge in [0.15, 0.2) is 0 Å². The van der Waals surface area contributed by atoms with Gasteiger partial charge in [-0.05, 0) is 43.1 Å². The number of halogens is 6. The standard InChI is InChI=1S/C13H13F6N/c14-12(15,16)9-5-8(11-3-1-2-4-20-11)6-10(7-9)13(17,18)19/h5-7,11,20H,1-4H2/t11-/m0/s1. The molecule has 1 heterocycles. The Morgan fingerprint density at radius 3 is 1.80 bits per heavy atom. The van der Waals surface area contributed by atoms with Crippen molar-refractivity contribution in [2.45, 2.75) is 37.7 Å². The van der Waals surface area contributed by atoms with Gasteiger partial charge < -0.3 is 5.32 Å². The Balaban J connectivity index is 2.45. The van der Waals surface area contributed by atoms with Gasteiger partial charge in [0, 0.05) is 6.04 Å². The molecule has 1 aliphatic rings. The van der Waals surface area contributed by atoms with Crippen LogP contribution in [0.15, 0.2) is 18.2 Å². The number of benzene rings is 1. The highest BCUT2D eigenvalue weighted by atomic mass is 19.4. The molecule has 7 heteroatoms. The van der Waals surface area contributed by atoms with Crippen LogP contribution >= 0.6 is 0 Å². The summed E-state index contributed by atoms with van der Waals surface area (Å²) >= 11 is 0. The molecule has 0 bridgehead atoms. The van der Waals surface area contributed by atoms with Crippen molar-refractivity contribution in [1.29, 1.82) is 0 Å². The minimum atomic E-state index is -4.79. The Morgan fingerprint density at radius 2 is 1.40 bits per heavy atom. The molecule has 1 fully saturated rings. The molecule has 2 rings (SSSR count). The fourth-order valence-corrected chi connectivity index (χ4v) is 2.32. The van der Waals surface area contributed by atoms with Crippen molar-refractivity contribution in [3.8, 4) is 0 Å². The Kier molecular flexibility index (Phi) is 4.00. The van der Waals surface area contributed by atoms with Crippen molar-refractivity contribution >= 4 is 0 Å². The van der Waals surface area contributed by atoms with E-state index in [1.165, 1.54) is 0 Å². The van der Waals surface area contributed by atoms with Gasteiger partial charge in [-0.1, -0.05) is 6.42 Å². The molecule has 1 atom stereocenters. The lowest BCUT2D eigenvalue weighted by Crippen LogP contribution is -2.27. The number of hydrogen-bond acceptors (Lipinski definition) is 1. The molecule has 1 N–H and O–H groups in total. The first-order chi connectivity index (χ1) is 9.18. The predicted octanol–water partition coefficient (Wildman–Crippen LogP) is 4.54. The molecule has 0 saturated carbocycles. The van der Waals surface area contributed by atoms with Gasteiger partial charge in [-0.25, -0.2) is 0 Å². The van der Waals surface area contributed by atoms with E-state index in [0.717, 1.165) is 25.0 Å². The molecule has 1 aromatic carbocycles. The molecule has 0 radical (unpaired) electrons. The molecule has 1 aromatic rings. The molecule has 1 nitrogen and oxygen atoms in total. The van der Waals surface area contributed by atoms with Gasteiger partial charge in [-0.15, -0.1) is 0 Å². The number of hydrogen-bond donors (Lipinski definition) is 1. The monoisotopic (exact) mass is 297 g/mol. The molecular formula is C13H13F6N. The van der Waals surface area contributed by atoms with Gasteiger partial charge in [0.05, 0.1) is 11.1 Å². The van der Waals surface area contributed by atoms with Gasteiger partial charge >= 0.3 is 12.4 Å². The maximum Gasteiger partial charge on any atom is 0.416 e. The first-order valence-corrected chi connectivity index (χ1v) is 6.21. The average molecular weight is 297 g/mol. The van der Waals surface area contributed by atoms with Crippen LogP contribution in [0.1, 0.15) is 42.0 Å². The lowest BCUT2D eigenvalue weighted by molar-refractivity contribution is -0.143. The largest absolute Gasteiger partial charge is 0.416 e. The van der Waals surface area contributed by atoms with E-state index in [9.17, 15) is 26.3 Å². The van der Waals surface area contributed by atoms with E-state index in [1.807, 2.05) is 0 Å².